The van der Waals surface area contributed by atoms with Crippen LogP contribution in [0.5, 0.6) is 5.75 Å². The largest absolute Gasteiger partial charge is 0.496 e. The van der Waals surface area contributed by atoms with Gasteiger partial charge in [0.25, 0.3) is 0 Å². The monoisotopic (exact) mass is 510 g/mol. The smallest absolute Gasteiger partial charge is 0.336 e. The molecule has 196 valence electrons. The molecular weight excluding hydrogens is 476 g/mol. The Morgan fingerprint density at radius 2 is 1.79 bits per heavy atom. The number of fused-ring (bicyclic) bond motifs is 4. The van der Waals surface area contributed by atoms with Crippen molar-refractivity contribution in [1.29, 1.82) is 0 Å². The van der Waals surface area contributed by atoms with Gasteiger partial charge in [0.2, 0.25) is 0 Å². The molecule has 2 heterocycles. The van der Waals surface area contributed by atoms with Crippen LogP contribution in [0.3, 0.4) is 0 Å². The fourth-order valence-electron chi connectivity index (χ4n) is 5.07. The number of hydrogen-bond acceptors (Lipinski definition) is 5. The summed E-state index contributed by atoms with van der Waals surface area (Å²) < 4.78 is 13.0. The molecule has 0 spiro atoms. The van der Waals surface area contributed by atoms with Gasteiger partial charge >= 0.3 is 5.63 Å². The van der Waals surface area contributed by atoms with Gasteiger partial charge in [-0.25, -0.2) is 4.79 Å². The third kappa shape index (κ3) is 5.07. The van der Waals surface area contributed by atoms with Crippen LogP contribution in [0.2, 0.25) is 0 Å². The molecule has 6 heteroatoms. The van der Waals surface area contributed by atoms with E-state index in [9.17, 15) is 9.59 Å². The summed E-state index contributed by atoms with van der Waals surface area (Å²) in [4.78, 5) is 22.1. The normalized spacial score (nSPS) is 11.2. The molecule has 38 heavy (non-hydrogen) atoms. The molecule has 1 N–H and O–H groups in total. The molecule has 0 unspecified atom stereocenters. The number of benzene rings is 3. The van der Waals surface area contributed by atoms with Gasteiger partial charge in [-0.2, -0.15) is 0 Å². The molecule has 6 nitrogen and oxygen atoms in total. The minimum Gasteiger partial charge on any atom is -0.496 e. The molecular formula is C32H34N2O4. The Morgan fingerprint density at radius 1 is 1.03 bits per heavy atom. The zero-order valence-corrected chi connectivity index (χ0v) is 22.6. The fourth-order valence-corrected chi connectivity index (χ4v) is 5.07. The zero-order chi connectivity index (χ0) is 27.2. The maximum absolute atomic E-state index is 11.7. The van der Waals surface area contributed by atoms with E-state index in [0.717, 1.165) is 53.4 Å². The average molecular weight is 511 g/mol. The summed E-state index contributed by atoms with van der Waals surface area (Å²) in [6.07, 6.45) is 6.00. The van der Waals surface area contributed by atoms with Crippen LogP contribution in [0.25, 0.3) is 38.9 Å². The van der Waals surface area contributed by atoms with E-state index < -0.39 is 0 Å². The number of aromatic nitrogens is 1. The highest BCUT2D eigenvalue weighted by Gasteiger charge is 2.15. The summed E-state index contributed by atoms with van der Waals surface area (Å²) in [5, 5.41) is 6.63. The highest BCUT2D eigenvalue weighted by Crippen LogP contribution is 2.35. The molecule has 0 amide bonds. The lowest BCUT2D eigenvalue weighted by molar-refractivity contribution is -0.104. The first-order valence-corrected chi connectivity index (χ1v) is 12.9. The molecule has 0 fully saturated rings. The number of para-hydroxylation sites is 1. The highest BCUT2D eigenvalue weighted by atomic mass is 16.5. The summed E-state index contributed by atoms with van der Waals surface area (Å²) in [5.41, 5.74) is 6.65. The van der Waals surface area contributed by atoms with E-state index in [0.29, 0.717) is 11.3 Å². The second-order valence-corrected chi connectivity index (χ2v) is 9.08. The van der Waals surface area contributed by atoms with Crippen LogP contribution in [0.4, 0.5) is 5.69 Å². The van der Waals surface area contributed by atoms with Crippen LogP contribution < -0.4 is 15.7 Å². The second kappa shape index (κ2) is 11.8. The molecule has 0 radical (unpaired) electrons. The number of aryl methyl sites for hydroxylation is 3. The summed E-state index contributed by atoms with van der Waals surface area (Å²) in [6.45, 7) is 7.11. The van der Waals surface area contributed by atoms with E-state index in [2.05, 4.69) is 60.1 Å². The molecule has 2 aromatic heterocycles. The number of ether oxygens (including phenoxy) is 1. The van der Waals surface area contributed by atoms with Crippen LogP contribution in [-0.2, 0) is 17.8 Å². The summed E-state index contributed by atoms with van der Waals surface area (Å²) in [7, 11) is 3.46. The van der Waals surface area contributed by atoms with Crippen molar-refractivity contribution in [3.05, 3.63) is 87.8 Å². The molecule has 0 aliphatic rings. The van der Waals surface area contributed by atoms with Crippen molar-refractivity contribution >= 4 is 50.8 Å². The fraction of sp³-hybridized carbons (Fsp3) is 0.250. The predicted octanol–water partition coefficient (Wildman–Crippen LogP) is 7.13. The van der Waals surface area contributed by atoms with Crippen LogP contribution >= 0.6 is 0 Å². The Labute approximate surface area is 222 Å². The van der Waals surface area contributed by atoms with Crippen LogP contribution in [0.15, 0.2) is 69.9 Å². The van der Waals surface area contributed by atoms with Crippen molar-refractivity contribution < 1.29 is 13.9 Å². The number of nitrogens with one attached hydrogen (secondary N) is 1. The molecule has 3 aromatic carbocycles. The lowest BCUT2D eigenvalue weighted by Gasteiger charge is -2.14. The quantitative estimate of drug-likeness (QED) is 0.143. The minimum absolute atomic E-state index is 0.311. The Balaban J connectivity index is 0.000000177. The van der Waals surface area contributed by atoms with Crippen molar-refractivity contribution in [2.24, 2.45) is 0 Å². The topological polar surface area (TPSA) is 73.5 Å². The standard InChI is InChI=1S/C17H15NO.C15H19NO3/c1-2-18-16-8-4-3-7-14(16)15-12-13(6-5-11-19)9-10-17(15)18;1-5-6-10-7-13(17)19-15-9(2)12(18-4)8-11(16-3)14(10)15/h3-12H,2H2,1H3;7-8,16H,5-6H2,1-4H3/b6-5+;. The average Bonchev–Trinajstić information content (AvgIpc) is 3.26. The van der Waals surface area contributed by atoms with Crippen molar-refractivity contribution in [2.45, 2.75) is 40.2 Å². The Kier molecular flexibility index (Phi) is 8.31. The van der Waals surface area contributed by atoms with Crippen molar-refractivity contribution in [2.75, 3.05) is 19.5 Å². The van der Waals surface area contributed by atoms with Gasteiger partial charge < -0.3 is 19.0 Å². The number of carbonyl (C=O) groups is 1. The number of rotatable bonds is 7. The Morgan fingerprint density at radius 3 is 2.47 bits per heavy atom. The van der Waals surface area contributed by atoms with Crippen molar-refractivity contribution in [1.82, 2.24) is 4.57 Å². The van der Waals surface area contributed by atoms with Gasteiger partial charge in [0.15, 0.2) is 0 Å². The molecule has 0 atom stereocenters. The van der Waals surface area contributed by atoms with Gasteiger partial charge in [-0.05, 0) is 55.7 Å². The lowest BCUT2D eigenvalue weighted by atomic mass is 10.0. The van der Waals surface area contributed by atoms with E-state index in [1.54, 1.807) is 13.2 Å². The van der Waals surface area contributed by atoms with Gasteiger partial charge in [-0.1, -0.05) is 43.7 Å². The number of methoxy groups -OCH3 is 1. The summed E-state index contributed by atoms with van der Waals surface area (Å²) in [5.74, 6) is 0.716. The molecule has 0 aliphatic carbocycles. The molecule has 0 saturated carbocycles. The number of allylic oxidation sites excluding steroid dienone is 1. The SMILES string of the molecule is CCCc1cc(=O)oc2c(C)c(OC)cc(NC)c12.CCn1c2ccccc2c2cc(/C=C/C=O)ccc21. The van der Waals surface area contributed by atoms with E-state index >= 15 is 0 Å². The molecule has 0 aliphatic heterocycles. The number of aldehydes is 1. The molecule has 5 rings (SSSR count). The number of anilines is 1. The molecule has 5 aromatic rings. The van der Waals surface area contributed by atoms with E-state index in [-0.39, 0.29) is 5.63 Å². The van der Waals surface area contributed by atoms with Crippen molar-refractivity contribution in [3.63, 3.8) is 0 Å². The number of hydrogen-bond donors (Lipinski definition) is 1. The van der Waals surface area contributed by atoms with Gasteiger partial charge in [0, 0.05) is 64.2 Å². The summed E-state index contributed by atoms with van der Waals surface area (Å²) in [6, 6.07) is 18.3. The maximum atomic E-state index is 11.7. The van der Waals surface area contributed by atoms with E-state index in [4.69, 9.17) is 9.15 Å². The Bertz CT molecular complexity index is 1690. The molecule has 0 bridgehead atoms. The minimum atomic E-state index is -0.311. The third-order valence-electron chi connectivity index (χ3n) is 6.79. The highest BCUT2D eigenvalue weighted by molar-refractivity contribution is 6.08. The van der Waals surface area contributed by atoms with Crippen molar-refractivity contribution in [3.8, 4) is 5.75 Å². The second-order valence-electron chi connectivity index (χ2n) is 9.08. The maximum Gasteiger partial charge on any atom is 0.336 e. The van der Waals surface area contributed by atoms with Gasteiger partial charge in [-0.3, -0.25) is 4.79 Å². The van der Waals surface area contributed by atoms with Gasteiger partial charge in [0.05, 0.1) is 7.11 Å². The lowest BCUT2D eigenvalue weighted by Crippen LogP contribution is -2.04. The predicted molar refractivity (Wildman–Crippen MR) is 158 cm³/mol. The van der Waals surface area contributed by atoms with Crippen LogP contribution in [0.1, 0.15) is 37.0 Å². The van der Waals surface area contributed by atoms with Crippen LogP contribution in [-0.4, -0.2) is 25.0 Å². The first-order chi connectivity index (χ1) is 18.5. The first kappa shape index (κ1) is 26.7. The van der Waals surface area contributed by atoms with Gasteiger partial charge in [-0.15, -0.1) is 0 Å². The summed E-state index contributed by atoms with van der Waals surface area (Å²) >= 11 is 0. The number of nitrogens with zero attached hydrogens (tertiary/aromatic N) is 1. The van der Waals surface area contributed by atoms with Crippen LogP contribution in [0, 0.1) is 6.92 Å². The van der Waals surface area contributed by atoms with E-state index in [1.165, 1.54) is 27.9 Å². The first-order valence-electron chi connectivity index (χ1n) is 12.9. The number of carbonyl (C=O) groups excluding carboxylic acids is 1. The third-order valence-corrected chi connectivity index (χ3v) is 6.79. The molecule has 0 saturated heterocycles. The Hall–Kier alpha value is -4.32. The zero-order valence-electron chi connectivity index (χ0n) is 22.6. The van der Waals surface area contributed by atoms with E-state index in [1.807, 2.05) is 32.2 Å². The van der Waals surface area contributed by atoms with Gasteiger partial charge in [0.1, 0.15) is 17.6 Å².